The molecule has 26 heavy (non-hydrogen) atoms. The molecule has 3 rings (SSSR count). The largest absolute Gasteiger partial charge is 0.394 e. The molecule has 0 spiro atoms. The number of aromatic nitrogens is 2. The van der Waals surface area contributed by atoms with Crippen LogP contribution in [0.1, 0.15) is 21.5 Å². The van der Waals surface area contributed by atoms with E-state index in [1.54, 1.807) is 24.3 Å². The molecule has 2 aromatic carbocycles. The second kappa shape index (κ2) is 8.26. The topological polar surface area (TPSA) is 75.2 Å². The predicted molar refractivity (Wildman–Crippen MR) is 100 cm³/mol. The Bertz CT molecular complexity index is 961. The number of ketones is 1. The molecule has 3 aromatic rings. The smallest absolute Gasteiger partial charge is 0.188 e. The van der Waals surface area contributed by atoms with Crippen LogP contribution < -0.4 is 0 Å². The van der Waals surface area contributed by atoms with Crippen molar-refractivity contribution in [3.05, 3.63) is 62.6 Å². The summed E-state index contributed by atoms with van der Waals surface area (Å²) >= 11 is 9.58. The van der Waals surface area contributed by atoms with Gasteiger partial charge in [0.2, 0.25) is 0 Å². The highest BCUT2D eigenvalue weighted by molar-refractivity contribution is 9.10. The van der Waals surface area contributed by atoms with Crippen molar-refractivity contribution < 1.29 is 19.0 Å². The molecule has 5 nitrogen and oxygen atoms in total. The average Bonchev–Trinajstić information content (AvgIpc) is 3.08. The number of nitrogens with zero attached hydrogens (tertiary/aromatic N) is 1. The number of H-pyrrole nitrogens is 1. The number of Topliss-reactive ketones (excluding diaryl/α,β-unsaturated/α-hetero) is 1. The van der Waals surface area contributed by atoms with Crippen molar-refractivity contribution in [1.29, 1.82) is 0 Å². The number of halogens is 3. The lowest BCUT2D eigenvalue weighted by atomic mass is 9.96. The lowest BCUT2D eigenvalue weighted by Crippen LogP contribution is -2.15. The first kappa shape index (κ1) is 19.0. The minimum atomic E-state index is -0.562. The number of carbonyl (C=O) groups is 1. The molecule has 0 aliphatic heterocycles. The maximum Gasteiger partial charge on any atom is 0.188 e. The van der Waals surface area contributed by atoms with Crippen LogP contribution in [0.4, 0.5) is 4.39 Å². The Morgan fingerprint density at radius 3 is 2.92 bits per heavy atom. The summed E-state index contributed by atoms with van der Waals surface area (Å²) in [6, 6.07) is 6.86. The van der Waals surface area contributed by atoms with Gasteiger partial charge >= 0.3 is 0 Å². The summed E-state index contributed by atoms with van der Waals surface area (Å²) in [5.41, 5.74) is 1.70. The van der Waals surface area contributed by atoms with Crippen LogP contribution in [-0.4, -0.2) is 40.7 Å². The van der Waals surface area contributed by atoms with Crippen LogP contribution in [0.2, 0.25) is 5.02 Å². The number of hydrogen-bond donors (Lipinski definition) is 2. The van der Waals surface area contributed by atoms with Gasteiger partial charge < -0.3 is 14.8 Å². The predicted octanol–water partition coefficient (Wildman–Crippen LogP) is 3.90. The molecule has 1 heterocycles. The van der Waals surface area contributed by atoms with Crippen LogP contribution >= 0.6 is 27.5 Å². The van der Waals surface area contributed by atoms with Gasteiger partial charge in [-0.15, -0.1) is 0 Å². The molecule has 0 saturated carbocycles. The minimum absolute atomic E-state index is 0.0361. The van der Waals surface area contributed by atoms with Crippen LogP contribution in [0.5, 0.6) is 0 Å². The van der Waals surface area contributed by atoms with E-state index in [0.717, 1.165) is 4.47 Å². The number of aliphatic hydroxyl groups excluding tert-OH is 1. The number of hydrogen-bond acceptors (Lipinski definition) is 4. The molecular formula is C18H15BrClFN2O3. The number of fused-ring (bicyclic) bond motifs is 1. The molecule has 1 aromatic heterocycles. The number of aromatic amines is 1. The first-order chi connectivity index (χ1) is 12.5. The number of ether oxygens (including phenoxy) is 1. The van der Waals surface area contributed by atoms with Crippen LogP contribution in [0, 0.1) is 5.82 Å². The standard InChI is InChI=1S/C18H15BrClFN2O3/c19-11-2-1-10(14(20)6-11)5-13-12(16(25)8-26-4-3-24)7-15-18(17(13)21)23-9-22-15/h1-2,6-7,9,24H,3-5,8H2,(H,22,23). The Labute approximate surface area is 162 Å². The minimum Gasteiger partial charge on any atom is -0.394 e. The molecule has 0 aliphatic carbocycles. The summed E-state index contributed by atoms with van der Waals surface area (Å²) in [6.45, 7) is -0.405. The Morgan fingerprint density at radius 2 is 2.19 bits per heavy atom. The van der Waals surface area contributed by atoms with E-state index in [1.807, 2.05) is 0 Å². The van der Waals surface area contributed by atoms with Gasteiger partial charge in [0.15, 0.2) is 11.6 Å². The Kier molecular flexibility index (Phi) is 6.03. The van der Waals surface area contributed by atoms with Gasteiger partial charge in [0.1, 0.15) is 12.1 Å². The van der Waals surface area contributed by atoms with E-state index in [0.29, 0.717) is 16.1 Å². The number of rotatable bonds is 7. The monoisotopic (exact) mass is 440 g/mol. The van der Waals surface area contributed by atoms with Crippen LogP contribution in [0.3, 0.4) is 0 Å². The van der Waals surface area contributed by atoms with Gasteiger partial charge in [-0.25, -0.2) is 9.37 Å². The van der Waals surface area contributed by atoms with E-state index in [1.165, 1.54) is 6.33 Å². The first-order valence-corrected chi connectivity index (χ1v) is 8.98. The fourth-order valence-corrected chi connectivity index (χ4v) is 3.41. The average molecular weight is 442 g/mol. The number of benzene rings is 2. The third-order valence-electron chi connectivity index (χ3n) is 3.91. The third-order valence-corrected chi connectivity index (χ3v) is 4.75. The molecule has 0 radical (unpaired) electrons. The highest BCUT2D eigenvalue weighted by atomic mass is 79.9. The third kappa shape index (κ3) is 3.96. The van der Waals surface area contributed by atoms with Gasteiger partial charge in [-0.2, -0.15) is 0 Å². The lowest BCUT2D eigenvalue weighted by Gasteiger charge is -2.12. The molecule has 0 unspecified atom stereocenters. The normalized spacial score (nSPS) is 11.2. The molecule has 0 atom stereocenters. The summed E-state index contributed by atoms with van der Waals surface area (Å²) in [7, 11) is 0. The van der Waals surface area contributed by atoms with Gasteiger partial charge in [0.05, 0.1) is 25.1 Å². The Morgan fingerprint density at radius 1 is 1.38 bits per heavy atom. The fourth-order valence-electron chi connectivity index (χ4n) is 2.67. The highest BCUT2D eigenvalue weighted by Gasteiger charge is 2.21. The van der Waals surface area contributed by atoms with Crippen molar-refractivity contribution in [2.24, 2.45) is 0 Å². The summed E-state index contributed by atoms with van der Waals surface area (Å²) in [5, 5.41) is 9.25. The van der Waals surface area contributed by atoms with Crippen LogP contribution in [-0.2, 0) is 11.2 Å². The first-order valence-electron chi connectivity index (χ1n) is 7.81. The Hall–Kier alpha value is -1.80. The molecule has 0 fully saturated rings. The van der Waals surface area contributed by atoms with E-state index in [-0.39, 0.29) is 48.7 Å². The van der Waals surface area contributed by atoms with Gasteiger partial charge in [-0.1, -0.05) is 33.6 Å². The van der Waals surface area contributed by atoms with Crippen LogP contribution in [0.15, 0.2) is 35.1 Å². The molecule has 8 heteroatoms. The number of nitrogens with one attached hydrogen (secondary N) is 1. The molecule has 0 saturated heterocycles. The van der Waals surface area contributed by atoms with E-state index in [2.05, 4.69) is 25.9 Å². The fraction of sp³-hybridized carbons (Fsp3) is 0.222. The number of imidazole rings is 1. The second-order valence-corrected chi connectivity index (χ2v) is 6.95. The zero-order chi connectivity index (χ0) is 18.7. The quantitative estimate of drug-likeness (QED) is 0.431. The summed E-state index contributed by atoms with van der Waals surface area (Å²) < 4.78 is 20.9. The number of carbonyl (C=O) groups excluding carboxylic acids is 1. The molecule has 136 valence electrons. The van der Waals surface area contributed by atoms with E-state index in [4.69, 9.17) is 21.4 Å². The SMILES string of the molecule is O=C(COCCO)c1cc2[nH]cnc2c(F)c1Cc1ccc(Br)cc1Cl. The summed E-state index contributed by atoms with van der Waals surface area (Å²) in [5.74, 6) is -0.940. The molecule has 2 N–H and O–H groups in total. The van der Waals surface area contributed by atoms with Crippen molar-refractivity contribution in [3.63, 3.8) is 0 Å². The van der Waals surface area contributed by atoms with Gasteiger partial charge in [0.25, 0.3) is 0 Å². The maximum absolute atomic E-state index is 15.0. The van der Waals surface area contributed by atoms with Crippen molar-refractivity contribution in [2.75, 3.05) is 19.8 Å². The van der Waals surface area contributed by atoms with E-state index >= 15 is 4.39 Å². The molecule has 0 amide bonds. The Balaban J connectivity index is 2.04. The molecular weight excluding hydrogens is 427 g/mol. The summed E-state index contributed by atoms with van der Waals surface area (Å²) in [4.78, 5) is 19.3. The van der Waals surface area contributed by atoms with Gasteiger partial charge in [-0.3, -0.25) is 4.79 Å². The van der Waals surface area contributed by atoms with Crippen molar-refractivity contribution >= 4 is 44.3 Å². The zero-order valence-corrected chi connectivity index (χ0v) is 15.9. The van der Waals surface area contributed by atoms with Gasteiger partial charge in [-0.05, 0) is 23.8 Å². The van der Waals surface area contributed by atoms with Crippen molar-refractivity contribution in [2.45, 2.75) is 6.42 Å². The molecule has 0 bridgehead atoms. The molecule has 0 aliphatic rings. The second-order valence-electron chi connectivity index (χ2n) is 5.63. The zero-order valence-electron chi connectivity index (χ0n) is 13.6. The van der Waals surface area contributed by atoms with Gasteiger partial charge in [0, 0.05) is 27.0 Å². The van der Waals surface area contributed by atoms with Crippen LogP contribution in [0.25, 0.3) is 11.0 Å². The summed E-state index contributed by atoms with van der Waals surface area (Å²) in [6.07, 6.45) is 1.52. The van der Waals surface area contributed by atoms with Crippen molar-refractivity contribution in [3.8, 4) is 0 Å². The lowest BCUT2D eigenvalue weighted by molar-refractivity contribution is 0.0663. The maximum atomic E-state index is 15.0. The van der Waals surface area contributed by atoms with Crippen molar-refractivity contribution in [1.82, 2.24) is 9.97 Å². The highest BCUT2D eigenvalue weighted by Crippen LogP contribution is 2.29. The van der Waals surface area contributed by atoms with E-state index < -0.39 is 5.82 Å². The number of aliphatic hydroxyl groups is 1. The van der Waals surface area contributed by atoms with E-state index in [9.17, 15) is 4.79 Å².